The molecule has 0 nitrogen and oxygen atoms in total. The van der Waals surface area contributed by atoms with E-state index in [-0.39, 0.29) is 0 Å². The summed E-state index contributed by atoms with van der Waals surface area (Å²) in [6, 6.07) is 0. The molecule has 156 valence electrons. The van der Waals surface area contributed by atoms with Gasteiger partial charge in [0.05, 0.1) is 0 Å². The van der Waals surface area contributed by atoms with Gasteiger partial charge in [0.1, 0.15) is 0 Å². The van der Waals surface area contributed by atoms with Crippen molar-refractivity contribution >= 4 is 0 Å². The van der Waals surface area contributed by atoms with Gasteiger partial charge >= 0.3 is 0 Å². The van der Waals surface area contributed by atoms with Crippen molar-refractivity contribution in [2.75, 3.05) is 0 Å². The van der Waals surface area contributed by atoms with Crippen molar-refractivity contribution in [2.45, 2.75) is 132 Å². The summed E-state index contributed by atoms with van der Waals surface area (Å²) in [6.45, 7) is 19.9. The van der Waals surface area contributed by atoms with Crippen molar-refractivity contribution in [1.29, 1.82) is 0 Å². The molecule has 0 aromatic heterocycles. The summed E-state index contributed by atoms with van der Waals surface area (Å²) in [6.07, 6.45) is 17.1. The first kappa shape index (κ1) is 24.0. The zero-order valence-corrected chi connectivity index (χ0v) is 19.8. The Bertz CT molecular complexity index is 364. The van der Waals surface area contributed by atoms with Crippen LogP contribution in [0.3, 0.4) is 0 Å². The maximum Gasteiger partial charge on any atom is -0.0323 e. The third-order valence-electron chi connectivity index (χ3n) is 7.72. The van der Waals surface area contributed by atoms with Crippen LogP contribution in [-0.2, 0) is 0 Å². The first-order chi connectivity index (χ1) is 12.1. The molecule has 4 unspecified atom stereocenters. The zero-order valence-electron chi connectivity index (χ0n) is 19.8. The van der Waals surface area contributed by atoms with E-state index in [0.29, 0.717) is 10.8 Å². The zero-order chi connectivity index (χ0) is 19.8. The Hall–Kier alpha value is 0. The second-order valence-corrected chi connectivity index (χ2v) is 11.6. The molecule has 0 radical (unpaired) electrons. The lowest BCUT2D eigenvalue weighted by Crippen LogP contribution is -2.34. The lowest BCUT2D eigenvalue weighted by Gasteiger charge is -2.44. The average Bonchev–Trinajstić information content (AvgIpc) is 2.53. The van der Waals surface area contributed by atoms with Gasteiger partial charge in [-0.1, -0.05) is 107 Å². The van der Waals surface area contributed by atoms with Gasteiger partial charge in [0.15, 0.2) is 0 Å². The molecule has 4 atom stereocenters. The van der Waals surface area contributed by atoms with E-state index in [1.165, 1.54) is 77.0 Å². The average molecular weight is 365 g/mol. The molecule has 1 rings (SSSR count). The minimum absolute atomic E-state index is 0.538. The summed E-state index contributed by atoms with van der Waals surface area (Å²) in [7, 11) is 0. The van der Waals surface area contributed by atoms with Crippen LogP contribution in [0.2, 0.25) is 0 Å². The van der Waals surface area contributed by atoms with Crippen molar-refractivity contribution in [3.8, 4) is 0 Å². The fraction of sp³-hybridized carbons (Fsp3) is 1.00. The van der Waals surface area contributed by atoms with E-state index in [4.69, 9.17) is 0 Å². The van der Waals surface area contributed by atoms with Crippen LogP contribution in [-0.4, -0.2) is 0 Å². The molecule has 0 spiro atoms. The number of hydrogen-bond acceptors (Lipinski definition) is 0. The second kappa shape index (κ2) is 11.1. The van der Waals surface area contributed by atoms with E-state index in [9.17, 15) is 0 Å². The van der Waals surface area contributed by atoms with E-state index < -0.39 is 0 Å². The van der Waals surface area contributed by atoms with Gasteiger partial charge in [-0.3, -0.25) is 0 Å². The molecule has 0 aromatic carbocycles. The van der Waals surface area contributed by atoms with Crippen molar-refractivity contribution in [1.82, 2.24) is 0 Å². The topological polar surface area (TPSA) is 0 Å². The Morgan fingerprint density at radius 3 is 2.27 bits per heavy atom. The van der Waals surface area contributed by atoms with Gasteiger partial charge in [-0.2, -0.15) is 0 Å². The predicted molar refractivity (Wildman–Crippen MR) is 120 cm³/mol. The van der Waals surface area contributed by atoms with Crippen LogP contribution in [0.5, 0.6) is 0 Å². The molecular weight excluding hydrogens is 312 g/mol. The van der Waals surface area contributed by atoms with E-state index in [1.807, 2.05) is 0 Å². The Kier molecular flexibility index (Phi) is 10.3. The van der Waals surface area contributed by atoms with Crippen LogP contribution in [0.15, 0.2) is 0 Å². The van der Waals surface area contributed by atoms with Gasteiger partial charge in [-0.25, -0.2) is 0 Å². The van der Waals surface area contributed by atoms with Gasteiger partial charge < -0.3 is 0 Å². The van der Waals surface area contributed by atoms with E-state index in [1.54, 1.807) is 0 Å². The highest BCUT2D eigenvalue weighted by atomic mass is 14.4. The summed E-state index contributed by atoms with van der Waals surface area (Å²) in [5, 5.41) is 0. The molecule has 1 aliphatic rings. The van der Waals surface area contributed by atoms with Gasteiger partial charge in [0.2, 0.25) is 0 Å². The minimum atomic E-state index is 0.538. The van der Waals surface area contributed by atoms with Crippen LogP contribution in [0.1, 0.15) is 132 Å². The summed E-state index contributed by atoms with van der Waals surface area (Å²) in [5.41, 5.74) is 1.10. The number of hydrogen-bond donors (Lipinski definition) is 0. The molecule has 0 saturated heterocycles. The highest BCUT2D eigenvalue weighted by Crippen LogP contribution is 2.47. The molecule has 0 heteroatoms. The summed E-state index contributed by atoms with van der Waals surface area (Å²) in [4.78, 5) is 0. The van der Waals surface area contributed by atoms with Crippen LogP contribution in [0, 0.1) is 34.5 Å². The Balaban J connectivity index is 2.30. The minimum Gasteiger partial charge on any atom is -0.0654 e. The van der Waals surface area contributed by atoms with Gasteiger partial charge in [0, 0.05) is 0 Å². The SMILES string of the molecule is CCCC(C)CCCCC(C)(C)CCC(C)CC1C(C)CCCC1(C)C. The second-order valence-electron chi connectivity index (χ2n) is 11.6. The normalized spacial score (nSPS) is 25.8. The Labute approximate surface area is 167 Å². The third-order valence-corrected chi connectivity index (χ3v) is 7.72. The lowest BCUT2D eigenvalue weighted by molar-refractivity contribution is 0.0606. The van der Waals surface area contributed by atoms with E-state index in [2.05, 4.69) is 55.4 Å². The first-order valence-electron chi connectivity index (χ1n) is 12.1. The molecule has 0 bridgehead atoms. The van der Waals surface area contributed by atoms with Gasteiger partial charge in [-0.05, 0) is 60.2 Å². The first-order valence-corrected chi connectivity index (χ1v) is 12.1. The van der Waals surface area contributed by atoms with E-state index >= 15 is 0 Å². The Morgan fingerprint density at radius 1 is 0.962 bits per heavy atom. The number of unbranched alkanes of at least 4 members (excludes halogenated alkanes) is 1. The molecule has 0 aromatic rings. The van der Waals surface area contributed by atoms with Crippen LogP contribution < -0.4 is 0 Å². The molecule has 0 heterocycles. The maximum absolute atomic E-state index is 2.53. The Morgan fingerprint density at radius 2 is 1.65 bits per heavy atom. The van der Waals surface area contributed by atoms with E-state index in [0.717, 1.165) is 23.7 Å². The quantitative estimate of drug-likeness (QED) is 0.303. The van der Waals surface area contributed by atoms with Gasteiger partial charge in [0.25, 0.3) is 0 Å². The summed E-state index contributed by atoms with van der Waals surface area (Å²) in [5.74, 6) is 3.70. The molecule has 0 aliphatic heterocycles. The number of rotatable bonds is 12. The molecule has 1 aliphatic carbocycles. The monoisotopic (exact) mass is 364 g/mol. The molecule has 0 N–H and O–H groups in total. The maximum atomic E-state index is 2.53. The van der Waals surface area contributed by atoms with Crippen LogP contribution >= 0.6 is 0 Å². The van der Waals surface area contributed by atoms with Gasteiger partial charge in [-0.15, -0.1) is 0 Å². The molecule has 0 amide bonds. The smallest absolute Gasteiger partial charge is 0.0323 e. The molecule has 1 fully saturated rings. The third kappa shape index (κ3) is 8.79. The highest BCUT2D eigenvalue weighted by molar-refractivity contribution is 4.87. The van der Waals surface area contributed by atoms with Crippen molar-refractivity contribution in [2.24, 2.45) is 34.5 Å². The summed E-state index contributed by atoms with van der Waals surface area (Å²) >= 11 is 0. The standard InChI is InChI=1S/C26H52/c1-9-13-21(2)14-10-11-17-25(5,6)19-16-22(3)20-24-23(4)15-12-18-26(24,7)8/h21-24H,9-20H2,1-8H3. The summed E-state index contributed by atoms with van der Waals surface area (Å²) < 4.78 is 0. The van der Waals surface area contributed by atoms with Crippen LogP contribution in [0.25, 0.3) is 0 Å². The predicted octanol–water partition coefficient (Wildman–Crippen LogP) is 9.28. The van der Waals surface area contributed by atoms with Crippen molar-refractivity contribution in [3.63, 3.8) is 0 Å². The highest BCUT2D eigenvalue weighted by Gasteiger charge is 2.37. The lowest BCUT2D eigenvalue weighted by atomic mass is 9.61. The fourth-order valence-corrected chi connectivity index (χ4v) is 5.63. The fourth-order valence-electron chi connectivity index (χ4n) is 5.63. The largest absolute Gasteiger partial charge is 0.0654 e. The molecule has 1 saturated carbocycles. The molecule has 26 heavy (non-hydrogen) atoms. The molecular formula is C26H52. The van der Waals surface area contributed by atoms with Crippen molar-refractivity contribution < 1.29 is 0 Å². The van der Waals surface area contributed by atoms with Crippen molar-refractivity contribution in [3.05, 3.63) is 0 Å². The van der Waals surface area contributed by atoms with Crippen LogP contribution in [0.4, 0.5) is 0 Å².